The number of hydrogen-bond acceptors (Lipinski definition) is 7. The number of aryl methyl sites for hydroxylation is 1. The first kappa shape index (κ1) is 19.5. The van der Waals surface area contributed by atoms with Gasteiger partial charge in [-0.2, -0.15) is 10.1 Å². The van der Waals surface area contributed by atoms with E-state index in [9.17, 15) is 4.79 Å². The number of aromatic nitrogens is 4. The molecule has 1 N–H and O–H groups in total. The van der Waals surface area contributed by atoms with Crippen molar-refractivity contribution in [1.29, 1.82) is 0 Å². The standard InChI is InChI=1S/C18H29N7O2/c1-12(2)17-21-15(22-27-17)11-23(4)14-6-7-25(10-14)18(26)16(19-3)13-8-20-24(5)9-13/h8-9,12,14,16,19H,6-7,10-11H2,1-5H3. The number of carbonyl (C=O) groups excluding carboxylic acids is 1. The summed E-state index contributed by atoms with van der Waals surface area (Å²) in [7, 11) is 5.70. The summed E-state index contributed by atoms with van der Waals surface area (Å²) < 4.78 is 6.99. The second-order valence-corrected chi connectivity index (χ2v) is 7.51. The normalized spacial score (nSPS) is 18.6. The summed E-state index contributed by atoms with van der Waals surface area (Å²) in [5.74, 6) is 1.66. The molecular weight excluding hydrogens is 346 g/mol. The molecular formula is C18H29N7O2. The third kappa shape index (κ3) is 4.36. The highest BCUT2D eigenvalue weighted by Gasteiger charge is 2.33. The summed E-state index contributed by atoms with van der Waals surface area (Å²) in [5, 5.41) is 11.3. The third-order valence-corrected chi connectivity index (χ3v) is 5.06. The molecule has 0 aromatic carbocycles. The van der Waals surface area contributed by atoms with Crippen LogP contribution in [0.2, 0.25) is 0 Å². The predicted molar refractivity (Wildman–Crippen MR) is 99.8 cm³/mol. The molecule has 2 aromatic heterocycles. The fraction of sp³-hybridized carbons (Fsp3) is 0.667. The predicted octanol–water partition coefficient (Wildman–Crippen LogP) is 0.920. The zero-order valence-electron chi connectivity index (χ0n) is 16.7. The fourth-order valence-electron chi connectivity index (χ4n) is 3.42. The van der Waals surface area contributed by atoms with Crippen molar-refractivity contribution in [2.45, 2.75) is 44.8 Å². The number of nitrogens with one attached hydrogen (secondary N) is 1. The second kappa shape index (κ2) is 8.18. The lowest BCUT2D eigenvalue weighted by Crippen LogP contribution is -2.41. The van der Waals surface area contributed by atoms with E-state index in [4.69, 9.17) is 4.52 Å². The molecule has 148 valence electrons. The summed E-state index contributed by atoms with van der Waals surface area (Å²) in [4.78, 5) is 21.5. The summed E-state index contributed by atoms with van der Waals surface area (Å²) in [6.07, 6.45) is 4.54. The summed E-state index contributed by atoms with van der Waals surface area (Å²) >= 11 is 0. The van der Waals surface area contributed by atoms with Crippen molar-refractivity contribution >= 4 is 5.91 Å². The average Bonchev–Trinajstić information content (AvgIpc) is 3.36. The molecule has 2 atom stereocenters. The minimum atomic E-state index is -0.367. The number of likely N-dealkylation sites (N-methyl/N-ethyl adjacent to an activating group) is 2. The van der Waals surface area contributed by atoms with Crippen LogP contribution in [0.5, 0.6) is 0 Å². The van der Waals surface area contributed by atoms with Crippen molar-refractivity contribution in [1.82, 2.24) is 35.0 Å². The van der Waals surface area contributed by atoms with E-state index in [2.05, 4.69) is 25.5 Å². The van der Waals surface area contributed by atoms with Gasteiger partial charge in [-0.25, -0.2) is 0 Å². The van der Waals surface area contributed by atoms with Crippen LogP contribution in [-0.2, 0) is 18.4 Å². The van der Waals surface area contributed by atoms with Crippen molar-refractivity contribution in [2.75, 3.05) is 27.2 Å². The van der Waals surface area contributed by atoms with Gasteiger partial charge in [0.1, 0.15) is 6.04 Å². The Kier molecular flexibility index (Phi) is 5.91. The quantitative estimate of drug-likeness (QED) is 0.769. The molecule has 2 unspecified atom stereocenters. The molecule has 0 saturated carbocycles. The van der Waals surface area contributed by atoms with Crippen LogP contribution < -0.4 is 5.32 Å². The number of hydrogen-bond donors (Lipinski definition) is 1. The summed E-state index contributed by atoms with van der Waals surface area (Å²) in [6, 6.07) is -0.0880. The molecule has 9 heteroatoms. The van der Waals surface area contributed by atoms with Gasteiger partial charge in [0, 0.05) is 43.9 Å². The van der Waals surface area contributed by atoms with E-state index in [0.717, 1.165) is 18.5 Å². The van der Waals surface area contributed by atoms with E-state index in [0.29, 0.717) is 24.8 Å². The Bertz CT molecular complexity index is 769. The van der Waals surface area contributed by atoms with Crippen molar-refractivity contribution in [2.24, 2.45) is 7.05 Å². The van der Waals surface area contributed by atoms with Crippen LogP contribution in [-0.4, -0.2) is 68.9 Å². The van der Waals surface area contributed by atoms with Gasteiger partial charge < -0.3 is 14.7 Å². The molecule has 9 nitrogen and oxygen atoms in total. The van der Waals surface area contributed by atoms with Gasteiger partial charge in [0.15, 0.2) is 5.82 Å². The summed E-state index contributed by atoms with van der Waals surface area (Å²) in [5.41, 5.74) is 0.884. The fourth-order valence-corrected chi connectivity index (χ4v) is 3.42. The molecule has 0 spiro atoms. The SMILES string of the molecule is CNC(C(=O)N1CCC(N(C)Cc2noc(C(C)C)n2)C1)c1cnn(C)c1. The Labute approximate surface area is 159 Å². The lowest BCUT2D eigenvalue weighted by molar-refractivity contribution is -0.132. The van der Waals surface area contributed by atoms with Gasteiger partial charge in [-0.3, -0.25) is 14.4 Å². The summed E-state index contributed by atoms with van der Waals surface area (Å²) in [6.45, 7) is 6.11. The van der Waals surface area contributed by atoms with Crippen LogP contribution in [0.1, 0.15) is 49.5 Å². The van der Waals surface area contributed by atoms with E-state index >= 15 is 0 Å². The topological polar surface area (TPSA) is 92.3 Å². The highest BCUT2D eigenvalue weighted by atomic mass is 16.5. The maximum absolute atomic E-state index is 13.0. The largest absolute Gasteiger partial charge is 0.339 e. The van der Waals surface area contributed by atoms with Crippen molar-refractivity contribution < 1.29 is 9.32 Å². The zero-order chi connectivity index (χ0) is 19.6. The molecule has 1 amide bonds. The molecule has 27 heavy (non-hydrogen) atoms. The minimum absolute atomic E-state index is 0.0862. The van der Waals surface area contributed by atoms with Gasteiger partial charge in [-0.05, 0) is 20.5 Å². The third-order valence-electron chi connectivity index (χ3n) is 5.06. The van der Waals surface area contributed by atoms with Gasteiger partial charge in [-0.15, -0.1) is 0 Å². The molecule has 3 rings (SSSR count). The Morgan fingerprint density at radius 2 is 2.26 bits per heavy atom. The first-order valence-electron chi connectivity index (χ1n) is 9.36. The van der Waals surface area contributed by atoms with Gasteiger partial charge in [0.25, 0.3) is 0 Å². The maximum atomic E-state index is 13.0. The number of rotatable bonds is 7. The van der Waals surface area contributed by atoms with E-state index in [1.165, 1.54) is 0 Å². The smallest absolute Gasteiger partial charge is 0.244 e. The molecule has 1 aliphatic rings. The molecule has 3 heterocycles. The molecule has 0 aliphatic carbocycles. The van der Waals surface area contributed by atoms with E-state index < -0.39 is 0 Å². The molecule has 0 bridgehead atoms. The minimum Gasteiger partial charge on any atom is -0.339 e. The number of carbonyl (C=O) groups is 1. The van der Waals surface area contributed by atoms with Crippen LogP contribution >= 0.6 is 0 Å². The van der Waals surface area contributed by atoms with Crippen LogP contribution in [0.25, 0.3) is 0 Å². The van der Waals surface area contributed by atoms with Gasteiger partial charge in [0.2, 0.25) is 11.8 Å². The highest BCUT2D eigenvalue weighted by Crippen LogP contribution is 2.22. The first-order chi connectivity index (χ1) is 12.9. The first-order valence-corrected chi connectivity index (χ1v) is 9.36. The van der Waals surface area contributed by atoms with E-state index in [1.54, 1.807) is 17.9 Å². The number of amides is 1. The van der Waals surface area contributed by atoms with E-state index in [-0.39, 0.29) is 23.9 Å². The van der Waals surface area contributed by atoms with Crippen molar-refractivity contribution in [3.8, 4) is 0 Å². The van der Waals surface area contributed by atoms with Crippen molar-refractivity contribution in [3.63, 3.8) is 0 Å². The van der Waals surface area contributed by atoms with Gasteiger partial charge in [-0.1, -0.05) is 19.0 Å². The zero-order valence-corrected chi connectivity index (χ0v) is 16.7. The monoisotopic (exact) mass is 375 g/mol. The molecule has 1 aliphatic heterocycles. The Hall–Kier alpha value is -2.26. The number of likely N-dealkylation sites (tertiary alicyclic amines) is 1. The average molecular weight is 375 g/mol. The molecule has 1 fully saturated rings. The van der Waals surface area contributed by atoms with Crippen LogP contribution in [0.3, 0.4) is 0 Å². The van der Waals surface area contributed by atoms with Crippen LogP contribution in [0.4, 0.5) is 0 Å². The molecule has 2 aromatic rings. The highest BCUT2D eigenvalue weighted by molar-refractivity contribution is 5.83. The second-order valence-electron chi connectivity index (χ2n) is 7.51. The Morgan fingerprint density at radius 3 is 2.85 bits per heavy atom. The van der Waals surface area contributed by atoms with Crippen LogP contribution in [0, 0.1) is 0 Å². The lowest BCUT2D eigenvalue weighted by Gasteiger charge is -2.25. The Morgan fingerprint density at radius 1 is 1.48 bits per heavy atom. The van der Waals surface area contributed by atoms with Crippen molar-refractivity contribution in [3.05, 3.63) is 29.7 Å². The molecule has 0 radical (unpaired) electrons. The van der Waals surface area contributed by atoms with E-state index in [1.807, 2.05) is 39.0 Å². The lowest BCUT2D eigenvalue weighted by atomic mass is 10.1. The van der Waals surface area contributed by atoms with Gasteiger partial charge in [0.05, 0.1) is 12.7 Å². The van der Waals surface area contributed by atoms with Gasteiger partial charge >= 0.3 is 0 Å². The number of nitrogens with zero attached hydrogens (tertiary/aromatic N) is 6. The maximum Gasteiger partial charge on any atom is 0.244 e. The van der Waals surface area contributed by atoms with Crippen LogP contribution in [0.15, 0.2) is 16.9 Å². The molecule has 1 saturated heterocycles. The Balaban J connectivity index is 1.58.